The van der Waals surface area contributed by atoms with E-state index in [9.17, 15) is 5.11 Å². The lowest BCUT2D eigenvalue weighted by Gasteiger charge is -2.22. The highest BCUT2D eigenvalue weighted by Crippen LogP contribution is 2.30. The first-order chi connectivity index (χ1) is 5.02. The molecule has 0 bridgehead atoms. The molecule has 1 aromatic rings. The van der Waals surface area contributed by atoms with Crippen LogP contribution >= 0.6 is 0 Å². The van der Waals surface area contributed by atoms with Crippen molar-refractivity contribution in [3.63, 3.8) is 0 Å². The number of aliphatic hydroxyl groups excluding tert-OH is 1. The third-order valence-electron chi connectivity index (χ3n) is 1.51. The van der Waals surface area contributed by atoms with Crippen LogP contribution in [0.4, 0.5) is 0 Å². The van der Waals surface area contributed by atoms with Crippen LogP contribution in [0.25, 0.3) is 0 Å². The molecule has 0 aromatic carbocycles. The third kappa shape index (κ3) is 1.80. The first kappa shape index (κ1) is 8.27. The summed E-state index contributed by atoms with van der Waals surface area (Å²) in [7, 11) is 0. The van der Waals surface area contributed by atoms with Crippen LogP contribution in [0.5, 0.6) is 0 Å². The van der Waals surface area contributed by atoms with Crippen molar-refractivity contribution >= 4 is 0 Å². The van der Waals surface area contributed by atoms with Gasteiger partial charge in [0.1, 0.15) is 12.4 Å². The van der Waals surface area contributed by atoms with E-state index in [4.69, 9.17) is 4.42 Å². The van der Waals surface area contributed by atoms with Crippen molar-refractivity contribution in [2.24, 2.45) is 5.41 Å². The third-order valence-corrected chi connectivity index (χ3v) is 1.51. The topological polar surface area (TPSA) is 46.3 Å². The fourth-order valence-corrected chi connectivity index (χ4v) is 0.740. The maximum atomic E-state index is 9.59. The van der Waals surface area contributed by atoms with Crippen LogP contribution in [0.15, 0.2) is 16.9 Å². The summed E-state index contributed by atoms with van der Waals surface area (Å²) < 4.78 is 4.96. The van der Waals surface area contributed by atoms with Gasteiger partial charge in [0.05, 0.1) is 6.20 Å². The second kappa shape index (κ2) is 2.66. The summed E-state index contributed by atoms with van der Waals surface area (Å²) >= 11 is 0. The number of aromatic nitrogens is 1. The van der Waals surface area contributed by atoms with E-state index in [1.165, 1.54) is 12.5 Å². The second-order valence-electron chi connectivity index (χ2n) is 3.64. The van der Waals surface area contributed by atoms with Crippen LogP contribution in [0.2, 0.25) is 0 Å². The average Bonchev–Trinajstić information content (AvgIpc) is 2.34. The number of hydrogen-bond acceptors (Lipinski definition) is 3. The molecule has 0 radical (unpaired) electrons. The Kier molecular flexibility index (Phi) is 2.00. The standard InChI is InChI=1S/C8H13NO2/c1-8(2,3)6(10)7-9-4-5-11-7/h4-6,10H,1-3H3. The Bertz CT molecular complexity index is 210. The molecular formula is C8H13NO2. The van der Waals surface area contributed by atoms with Crippen LogP contribution in [0.1, 0.15) is 32.8 Å². The molecule has 1 unspecified atom stereocenters. The zero-order valence-electron chi connectivity index (χ0n) is 7.03. The van der Waals surface area contributed by atoms with Gasteiger partial charge in [-0.2, -0.15) is 0 Å². The maximum absolute atomic E-state index is 9.59. The molecule has 0 amide bonds. The second-order valence-corrected chi connectivity index (χ2v) is 3.64. The van der Waals surface area contributed by atoms with Crippen molar-refractivity contribution in [3.8, 4) is 0 Å². The highest BCUT2D eigenvalue weighted by Gasteiger charge is 2.26. The van der Waals surface area contributed by atoms with Crippen LogP contribution in [-0.4, -0.2) is 10.1 Å². The van der Waals surface area contributed by atoms with Crippen molar-refractivity contribution in [3.05, 3.63) is 18.4 Å². The minimum Gasteiger partial charge on any atom is -0.446 e. The molecule has 1 aromatic heterocycles. The predicted octanol–water partition coefficient (Wildman–Crippen LogP) is 1.75. The molecule has 0 spiro atoms. The monoisotopic (exact) mass is 155 g/mol. The Morgan fingerprint density at radius 3 is 2.55 bits per heavy atom. The first-order valence-electron chi connectivity index (χ1n) is 3.59. The molecule has 0 aliphatic heterocycles. The predicted molar refractivity (Wildman–Crippen MR) is 40.9 cm³/mol. The Morgan fingerprint density at radius 2 is 2.18 bits per heavy atom. The lowest BCUT2D eigenvalue weighted by Crippen LogP contribution is -2.17. The maximum Gasteiger partial charge on any atom is 0.223 e. The molecule has 1 heterocycles. The number of rotatable bonds is 1. The van der Waals surface area contributed by atoms with Gasteiger partial charge in [0.25, 0.3) is 0 Å². The van der Waals surface area contributed by atoms with Crippen molar-refractivity contribution < 1.29 is 9.52 Å². The molecule has 62 valence electrons. The van der Waals surface area contributed by atoms with E-state index in [1.54, 1.807) is 0 Å². The summed E-state index contributed by atoms with van der Waals surface area (Å²) in [5, 5.41) is 9.59. The van der Waals surface area contributed by atoms with Gasteiger partial charge in [0.15, 0.2) is 0 Å². The van der Waals surface area contributed by atoms with E-state index < -0.39 is 6.10 Å². The summed E-state index contributed by atoms with van der Waals surface area (Å²) in [6.45, 7) is 5.80. The molecule has 0 saturated carbocycles. The van der Waals surface area contributed by atoms with E-state index in [2.05, 4.69) is 4.98 Å². The minimum absolute atomic E-state index is 0.217. The molecule has 1 atom stereocenters. The van der Waals surface area contributed by atoms with Crippen LogP contribution < -0.4 is 0 Å². The highest BCUT2D eigenvalue weighted by atomic mass is 16.4. The summed E-state index contributed by atoms with van der Waals surface area (Å²) in [5.74, 6) is 0.387. The van der Waals surface area contributed by atoms with Gasteiger partial charge in [-0.15, -0.1) is 0 Å². The Balaban J connectivity index is 2.78. The summed E-state index contributed by atoms with van der Waals surface area (Å²) in [6.07, 6.45) is 2.37. The minimum atomic E-state index is -0.627. The number of aliphatic hydroxyl groups is 1. The first-order valence-corrected chi connectivity index (χ1v) is 3.59. The molecule has 0 saturated heterocycles. The molecule has 3 heteroatoms. The van der Waals surface area contributed by atoms with E-state index in [-0.39, 0.29) is 5.41 Å². The van der Waals surface area contributed by atoms with Crippen molar-refractivity contribution in [1.29, 1.82) is 0 Å². The normalized spacial score (nSPS) is 14.9. The lowest BCUT2D eigenvalue weighted by atomic mass is 9.89. The van der Waals surface area contributed by atoms with E-state index in [1.807, 2.05) is 20.8 Å². The summed E-state index contributed by atoms with van der Waals surface area (Å²) in [4.78, 5) is 3.87. The zero-order valence-corrected chi connectivity index (χ0v) is 7.03. The van der Waals surface area contributed by atoms with Gasteiger partial charge in [-0.05, 0) is 5.41 Å². The molecule has 0 aliphatic carbocycles. The van der Waals surface area contributed by atoms with Gasteiger partial charge < -0.3 is 9.52 Å². The van der Waals surface area contributed by atoms with Gasteiger partial charge in [0, 0.05) is 0 Å². The van der Waals surface area contributed by atoms with Crippen LogP contribution in [0.3, 0.4) is 0 Å². The Labute approximate surface area is 66.1 Å². The van der Waals surface area contributed by atoms with Crippen LogP contribution in [-0.2, 0) is 0 Å². The Hall–Kier alpha value is -0.830. The molecule has 3 nitrogen and oxygen atoms in total. The summed E-state index contributed by atoms with van der Waals surface area (Å²) in [6, 6.07) is 0. The number of nitrogens with zero attached hydrogens (tertiary/aromatic N) is 1. The van der Waals surface area contributed by atoms with E-state index >= 15 is 0 Å². The van der Waals surface area contributed by atoms with E-state index in [0.29, 0.717) is 5.89 Å². The quantitative estimate of drug-likeness (QED) is 0.672. The number of hydrogen-bond donors (Lipinski definition) is 1. The zero-order chi connectivity index (χ0) is 8.48. The molecular weight excluding hydrogens is 142 g/mol. The van der Waals surface area contributed by atoms with Gasteiger partial charge in [-0.3, -0.25) is 0 Å². The number of oxazole rings is 1. The van der Waals surface area contributed by atoms with Crippen LogP contribution in [0, 0.1) is 5.41 Å². The SMILES string of the molecule is CC(C)(C)C(O)c1ncco1. The van der Waals surface area contributed by atoms with Gasteiger partial charge in [-0.25, -0.2) is 4.98 Å². The average molecular weight is 155 g/mol. The summed E-state index contributed by atoms with van der Waals surface area (Å²) in [5.41, 5.74) is -0.217. The van der Waals surface area contributed by atoms with Gasteiger partial charge >= 0.3 is 0 Å². The van der Waals surface area contributed by atoms with Gasteiger partial charge in [0.2, 0.25) is 5.89 Å². The molecule has 0 fully saturated rings. The van der Waals surface area contributed by atoms with E-state index in [0.717, 1.165) is 0 Å². The fourth-order valence-electron chi connectivity index (χ4n) is 0.740. The fraction of sp³-hybridized carbons (Fsp3) is 0.625. The molecule has 1 N–H and O–H groups in total. The lowest BCUT2D eigenvalue weighted by molar-refractivity contribution is 0.0387. The largest absolute Gasteiger partial charge is 0.446 e. The smallest absolute Gasteiger partial charge is 0.223 e. The van der Waals surface area contributed by atoms with Crippen molar-refractivity contribution in [1.82, 2.24) is 4.98 Å². The molecule has 0 aliphatic rings. The molecule has 11 heavy (non-hydrogen) atoms. The van der Waals surface area contributed by atoms with Gasteiger partial charge in [-0.1, -0.05) is 20.8 Å². The highest BCUT2D eigenvalue weighted by molar-refractivity contribution is 4.91. The Morgan fingerprint density at radius 1 is 1.55 bits per heavy atom. The van der Waals surface area contributed by atoms with Crippen molar-refractivity contribution in [2.75, 3.05) is 0 Å². The molecule has 1 rings (SSSR count). The van der Waals surface area contributed by atoms with Crippen molar-refractivity contribution in [2.45, 2.75) is 26.9 Å².